The van der Waals surface area contributed by atoms with Crippen LogP contribution in [0, 0.1) is 0 Å². The molecule has 0 fully saturated rings. The maximum absolute atomic E-state index is 4.31. The van der Waals surface area contributed by atoms with E-state index >= 15 is 0 Å². The zero-order chi connectivity index (χ0) is 15.4. The highest BCUT2D eigenvalue weighted by atomic mass is 15.3. The van der Waals surface area contributed by atoms with Crippen molar-refractivity contribution in [1.29, 1.82) is 0 Å². The van der Waals surface area contributed by atoms with Crippen molar-refractivity contribution in [3.63, 3.8) is 0 Å². The van der Waals surface area contributed by atoms with Gasteiger partial charge in [-0.1, -0.05) is 30.3 Å². The van der Waals surface area contributed by atoms with E-state index in [4.69, 9.17) is 0 Å². The topological polar surface area (TPSA) is 58.5 Å². The summed E-state index contributed by atoms with van der Waals surface area (Å²) in [6.07, 6.45) is 5.70. The minimum atomic E-state index is 0.294. The number of aromatic amines is 1. The maximum atomic E-state index is 4.31. The molecule has 22 heavy (non-hydrogen) atoms. The third kappa shape index (κ3) is 3.09. The molecule has 0 unspecified atom stereocenters. The van der Waals surface area contributed by atoms with Gasteiger partial charge < -0.3 is 5.32 Å². The smallest absolute Gasteiger partial charge is 0.0695 e. The van der Waals surface area contributed by atoms with Crippen LogP contribution in [0.2, 0.25) is 0 Å². The van der Waals surface area contributed by atoms with Crippen LogP contribution in [0.25, 0.3) is 11.3 Å². The lowest BCUT2D eigenvalue weighted by Gasteiger charge is -2.21. The lowest BCUT2D eigenvalue weighted by molar-refractivity contribution is 0.365. The van der Waals surface area contributed by atoms with Crippen LogP contribution in [0.4, 0.5) is 0 Å². The van der Waals surface area contributed by atoms with Crippen molar-refractivity contribution in [2.45, 2.75) is 32.5 Å². The number of benzene rings is 1. The van der Waals surface area contributed by atoms with Crippen LogP contribution < -0.4 is 5.32 Å². The molecule has 0 spiro atoms. The molecule has 0 bridgehead atoms. The van der Waals surface area contributed by atoms with Crippen molar-refractivity contribution in [1.82, 2.24) is 25.3 Å². The Balaban J connectivity index is 1.66. The first-order chi connectivity index (χ1) is 10.8. The highest BCUT2D eigenvalue weighted by Crippen LogP contribution is 2.21. The largest absolute Gasteiger partial charge is 0.308 e. The average Bonchev–Trinajstić information content (AvgIpc) is 3.24. The van der Waals surface area contributed by atoms with E-state index in [-0.39, 0.29) is 0 Å². The average molecular weight is 295 g/mol. The number of hydrogen-bond donors (Lipinski definition) is 2. The van der Waals surface area contributed by atoms with Gasteiger partial charge in [-0.2, -0.15) is 10.2 Å². The summed E-state index contributed by atoms with van der Waals surface area (Å²) in [6.45, 7) is 5.11. The van der Waals surface area contributed by atoms with Crippen LogP contribution in [-0.2, 0) is 6.54 Å². The first-order valence-electron chi connectivity index (χ1n) is 7.56. The number of nitrogens with zero attached hydrogens (tertiary/aromatic N) is 3. The van der Waals surface area contributed by atoms with Gasteiger partial charge in [-0.05, 0) is 25.5 Å². The van der Waals surface area contributed by atoms with Crippen molar-refractivity contribution in [3.8, 4) is 11.3 Å². The lowest BCUT2D eigenvalue weighted by Crippen LogP contribution is -2.33. The number of rotatable bonds is 6. The third-order valence-electron chi connectivity index (χ3n) is 4.06. The molecule has 5 nitrogen and oxygen atoms in total. The summed E-state index contributed by atoms with van der Waals surface area (Å²) in [4.78, 5) is 0. The Hall–Kier alpha value is -2.40. The van der Waals surface area contributed by atoms with Crippen LogP contribution in [-0.4, -0.2) is 26.0 Å². The van der Waals surface area contributed by atoms with Gasteiger partial charge >= 0.3 is 0 Å². The number of hydrogen-bond acceptors (Lipinski definition) is 3. The predicted molar refractivity (Wildman–Crippen MR) is 87.3 cm³/mol. The van der Waals surface area contributed by atoms with Crippen LogP contribution >= 0.6 is 0 Å². The first kappa shape index (κ1) is 14.5. The standard InChI is InChI=1S/C17H21N5/c1-13(14(2)22-10-6-9-20-22)18-11-16-12-19-21-17(16)15-7-4-3-5-8-15/h3-10,12-14,18H,11H2,1-2H3,(H,19,21)/t13-,14-/m0/s1. The normalized spacial score (nSPS) is 13.9. The van der Waals surface area contributed by atoms with Gasteiger partial charge in [0.05, 0.1) is 17.9 Å². The number of aromatic nitrogens is 4. The second kappa shape index (κ2) is 6.58. The van der Waals surface area contributed by atoms with Crippen molar-refractivity contribution >= 4 is 0 Å². The predicted octanol–water partition coefficient (Wildman–Crippen LogP) is 3.01. The van der Waals surface area contributed by atoms with Gasteiger partial charge in [0.1, 0.15) is 0 Å². The minimum Gasteiger partial charge on any atom is -0.308 e. The van der Waals surface area contributed by atoms with E-state index in [1.54, 1.807) is 0 Å². The first-order valence-corrected chi connectivity index (χ1v) is 7.56. The van der Waals surface area contributed by atoms with E-state index in [2.05, 4.69) is 46.6 Å². The Morgan fingerprint density at radius 2 is 2.00 bits per heavy atom. The van der Waals surface area contributed by atoms with Gasteiger partial charge in [0.2, 0.25) is 0 Å². The van der Waals surface area contributed by atoms with Crippen molar-refractivity contribution in [2.24, 2.45) is 0 Å². The molecular weight excluding hydrogens is 274 g/mol. The highest BCUT2D eigenvalue weighted by molar-refractivity contribution is 5.62. The monoisotopic (exact) mass is 295 g/mol. The van der Waals surface area contributed by atoms with E-state index in [0.717, 1.165) is 17.8 Å². The summed E-state index contributed by atoms with van der Waals surface area (Å²) >= 11 is 0. The molecule has 3 rings (SSSR count). The fourth-order valence-corrected chi connectivity index (χ4v) is 2.49. The Kier molecular flexibility index (Phi) is 4.34. The third-order valence-corrected chi connectivity index (χ3v) is 4.06. The SMILES string of the molecule is C[C@H](NCc1cn[nH]c1-c1ccccc1)[C@H](C)n1cccn1. The van der Waals surface area contributed by atoms with Crippen LogP contribution in [0.15, 0.2) is 55.0 Å². The molecule has 0 saturated heterocycles. The van der Waals surface area contributed by atoms with Gasteiger partial charge in [-0.15, -0.1) is 0 Å². The molecule has 2 heterocycles. The summed E-state index contributed by atoms with van der Waals surface area (Å²) < 4.78 is 1.98. The molecule has 3 aromatic rings. The maximum Gasteiger partial charge on any atom is 0.0695 e. The van der Waals surface area contributed by atoms with Crippen LogP contribution in [0.5, 0.6) is 0 Å². The van der Waals surface area contributed by atoms with Gasteiger partial charge in [0.25, 0.3) is 0 Å². The van der Waals surface area contributed by atoms with Crippen LogP contribution in [0.1, 0.15) is 25.5 Å². The summed E-state index contributed by atoms with van der Waals surface area (Å²) in [6, 6.07) is 12.8. The zero-order valence-electron chi connectivity index (χ0n) is 12.9. The van der Waals surface area contributed by atoms with E-state index < -0.39 is 0 Å². The Bertz CT molecular complexity index is 687. The summed E-state index contributed by atoms with van der Waals surface area (Å²) in [7, 11) is 0. The second-order valence-electron chi connectivity index (χ2n) is 5.53. The van der Waals surface area contributed by atoms with E-state index in [1.165, 1.54) is 5.56 Å². The van der Waals surface area contributed by atoms with E-state index in [0.29, 0.717) is 12.1 Å². The minimum absolute atomic E-state index is 0.294. The van der Waals surface area contributed by atoms with E-state index in [1.807, 2.05) is 47.5 Å². The fourth-order valence-electron chi connectivity index (χ4n) is 2.49. The Labute approximate surface area is 130 Å². The van der Waals surface area contributed by atoms with Crippen molar-refractivity contribution < 1.29 is 0 Å². The van der Waals surface area contributed by atoms with E-state index in [9.17, 15) is 0 Å². The van der Waals surface area contributed by atoms with Crippen molar-refractivity contribution in [3.05, 3.63) is 60.6 Å². The number of nitrogens with one attached hydrogen (secondary N) is 2. The summed E-state index contributed by atoms with van der Waals surface area (Å²) in [5, 5.41) is 15.2. The second-order valence-corrected chi connectivity index (χ2v) is 5.53. The Morgan fingerprint density at radius 3 is 2.73 bits per heavy atom. The molecule has 0 saturated carbocycles. The summed E-state index contributed by atoms with van der Waals surface area (Å²) in [5.41, 5.74) is 3.40. The molecule has 1 aromatic carbocycles. The number of H-pyrrole nitrogens is 1. The van der Waals surface area contributed by atoms with Crippen LogP contribution in [0.3, 0.4) is 0 Å². The van der Waals surface area contributed by atoms with Gasteiger partial charge in [0.15, 0.2) is 0 Å². The lowest BCUT2D eigenvalue weighted by atomic mass is 10.1. The molecular formula is C17H21N5. The summed E-state index contributed by atoms with van der Waals surface area (Å²) in [5.74, 6) is 0. The fraction of sp³-hybridized carbons (Fsp3) is 0.294. The molecule has 2 N–H and O–H groups in total. The van der Waals surface area contributed by atoms with Gasteiger partial charge in [-0.25, -0.2) is 0 Å². The highest BCUT2D eigenvalue weighted by Gasteiger charge is 2.15. The zero-order valence-corrected chi connectivity index (χ0v) is 12.9. The Morgan fingerprint density at radius 1 is 1.18 bits per heavy atom. The molecule has 2 atom stereocenters. The van der Waals surface area contributed by atoms with Crippen molar-refractivity contribution in [2.75, 3.05) is 0 Å². The molecule has 0 aliphatic heterocycles. The molecule has 0 aliphatic carbocycles. The quantitative estimate of drug-likeness (QED) is 0.735. The van der Waals surface area contributed by atoms with Gasteiger partial charge in [0, 0.05) is 30.5 Å². The molecule has 0 amide bonds. The van der Waals surface area contributed by atoms with Gasteiger partial charge in [-0.3, -0.25) is 9.78 Å². The molecule has 2 aromatic heterocycles. The molecule has 0 radical (unpaired) electrons. The molecule has 0 aliphatic rings. The molecule has 114 valence electrons. The molecule has 5 heteroatoms.